The molecule has 1 aliphatic heterocycles. The lowest BCUT2D eigenvalue weighted by Crippen LogP contribution is -2.51. The summed E-state index contributed by atoms with van der Waals surface area (Å²) < 4.78 is 11.8. The number of carbonyl (C=O) groups is 4. The van der Waals surface area contributed by atoms with Crippen molar-refractivity contribution in [3.63, 3.8) is 0 Å². The van der Waals surface area contributed by atoms with E-state index >= 15 is 0 Å². The van der Waals surface area contributed by atoms with Crippen LogP contribution >= 0.6 is 15.9 Å². The van der Waals surface area contributed by atoms with Gasteiger partial charge in [0.05, 0.1) is 7.11 Å². The van der Waals surface area contributed by atoms with E-state index in [1.807, 2.05) is 0 Å². The van der Waals surface area contributed by atoms with Crippen LogP contribution in [-0.4, -0.2) is 60.0 Å². The summed E-state index contributed by atoms with van der Waals surface area (Å²) in [5.74, 6) is -3.39. The molecule has 0 bridgehead atoms. The number of nitrogens with two attached hydrogens (primary N) is 1. The highest BCUT2D eigenvalue weighted by atomic mass is 79.9. The Morgan fingerprint density at radius 3 is 2.55 bits per heavy atom. The average Bonchev–Trinajstić information content (AvgIpc) is 2.74. The quantitative estimate of drug-likeness (QED) is 0.521. The Kier molecular flexibility index (Phi) is 7.07. The number of aliphatic carboxylic acids is 1. The molecule has 4 N–H and O–H groups in total. The molecule has 0 spiro atoms. The van der Waals surface area contributed by atoms with Gasteiger partial charge in [-0.15, -0.1) is 0 Å². The van der Waals surface area contributed by atoms with Crippen LogP contribution in [-0.2, 0) is 19.2 Å². The number of hydrogen-bond donors (Lipinski definition) is 3. The fourth-order valence-electron chi connectivity index (χ4n) is 3.01. The molecule has 0 saturated carbocycles. The van der Waals surface area contributed by atoms with E-state index in [0.717, 1.165) is 4.90 Å². The maximum Gasteiger partial charge on any atom is 0.322 e. The molecule has 1 aliphatic rings. The summed E-state index contributed by atoms with van der Waals surface area (Å²) >= 11 is 3.32. The molecule has 0 fully saturated rings. The number of primary amides is 1. The minimum absolute atomic E-state index is 0.158. The lowest BCUT2D eigenvalue weighted by Gasteiger charge is -2.30. The van der Waals surface area contributed by atoms with Crippen molar-refractivity contribution < 1.29 is 33.8 Å². The van der Waals surface area contributed by atoms with Crippen LogP contribution in [0.5, 0.6) is 11.5 Å². The third-order valence-electron chi connectivity index (χ3n) is 4.24. The molecular weight excluding hydrogens is 450 g/mol. The Labute approximate surface area is 175 Å². The monoisotopic (exact) mass is 471 g/mol. The Morgan fingerprint density at radius 1 is 1.38 bits per heavy atom. The Hall–Kier alpha value is -2.82. The number of benzene rings is 1. The van der Waals surface area contributed by atoms with Crippen LogP contribution in [0.2, 0.25) is 0 Å². The van der Waals surface area contributed by atoms with Crippen molar-refractivity contribution in [1.29, 1.82) is 0 Å². The first-order chi connectivity index (χ1) is 13.6. The van der Waals surface area contributed by atoms with Crippen LogP contribution in [0.3, 0.4) is 0 Å². The number of rotatable bonds is 7. The zero-order valence-electron chi connectivity index (χ0n) is 16.1. The van der Waals surface area contributed by atoms with E-state index in [9.17, 15) is 19.2 Å². The van der Waals surface area contributed by atoms with Gasteiger partial charge in [-0.3, -0.25) is 19.2 Å². The standard InChI is InChI=1S/C18H22BrN3O7/c1-8(2)15-18(27)22(7-12(20)23)14(17(26)21-6-13(24)25)10-4-9(19)5-11(28-3)16(10)29-15/h4-5,8,14-15H,6-7H2,1-3H3,(H2,20,23)(H,21,26)(H,24,25). The number of hydrogen-bond acceptors (Lipinski definition) is 6. The summed E-state index contributed by atoms with van der Waals surface area (Å²) in [4.78, 5) is 49.6. The fourth-order valence-corrected chi connectivity index (χ4v) is 3.46. The van der Waals surface area contributed by atoms with Crippen molar-refractivity contribution in [3.8, 4) is 11.5 Å². The molecule has 1 aromatic carbocycles. The van der Waals surface area contributed by atoms with E-state index in [-0.39, 0.29) is 23.0 Å². The second kappa shape index (κ2) is 9.12. The number of fused-ring (bicyclic) bond motifs is 1. The molecule has 1 heterocycles. The van der Waals surface area contributed by atoms with Crippen LogP contribution in [0.15, 0.2) is 16.6 Å². The van der Waals surface area contributed by atoms with Crippen molar-refractivity contribution in [2.75, 3.05) is 20.2 Å². The van der Waals surface area contributed by atoms with Crippen molar-refractivity contribution in [2.24, 2.45) is 11.7 Å². The molecule has 2 unspecified atom stereocenters. The number of carboxylic acids is 1. The van der Waals surface area contributed by atoms with Gasteiger partial charge in [0, 0.05) is 10.0 Å². The van der Waals surface area contributed by atoms with Gasteiger partial charge in [0.1, 0.15) is 19.1 Å². The van der Waals surface area contributed by atoms with Gasteiger partial charge in [-0.1, -0.05) is 29.8 Å². The number of nitrogens with one attached hydrogen (secondary N) is 1. The SMILES string of the molecule is COc1cc(Br)cc2c1OC(C(C)C)C(=O)N(CC(N)=O)C2C(=O)NCC(=O)O. The highest BCUT2D eigenvalue weighted by Gasteiger charge is 2.43. The van der Waals surface area contributed by atoms with Gasteiger partial charge in [-0.2, -0.15) is 0 Å². The highest BCUT2D eigenvalue weighted by molar-refractivity contribution is 9.10. The summed E-state index contributed by atoms with van der Waals surface area (Å²) in [6.07, 6.45) is -1.01. The van der Waals surface area contributed by atoms with Crippen LogP contribution in [0.25, 0.3) is 0 Å². The molecule has 2 atom stereocenters. The van der Waals surface area contributed by atoms with Crippen molar-refractivity contribution in [1.82, 2.24) is 10.2 Å². The summed E-state index contributed by atoms with van der Waals surface area (Å²) in [6.45, 7) is 2.29. The summed E-state index contributed by atoms with van der Waals surface area (Å²) in [5.41, 5.74) is 5.55. The largest absolute Gasteiger partial charge is 0.493 e. The molecule has 29 heavy (non-hydrogen) atoms. The maximum atomic E-state index is 13.2. The van der Waals surface area contributed by atoms with E-state index in [1.165, 1.54) is 7.11 Å². The highest BCUT2D eigenvalue weighted by Crippen LogP contribution is 2.43. The predicted molar refractivity (Wildman–Crippen MR) is 104 cm³/mol. The summed E-state index contributed by atoms with van der Waals surface area (Å²) in [5, 5.41) is 11.1. The predicted octanol–water partition coefficient (Wildman–Crippen LogP) is 0.431. The van der Waals surface area contributed by atoms with E-state index in [4.69, 9.17) is 20.3 Å². The first kappa shape index (κ1) is 22.5. The summed E-state index contributed by atoms with van der Waals surface area (Å²) in [7, 11) is 1.41. The number of amides is 3. The smallest absolute Gasteiger partial charge is 0.322 e. The van der Waals surface area contributed by atoms with Gasteiger partial charge in [-0.05, 0) is 18.1 Å². The van der Waals surface area contributed by atoms with E-state index in [0.29, 0.717) is 4.47 Å². The molecule has 0 saturated heterocycles. The normalized spacial score (nSPS) is 18.5. The molecule has 0 aliphatic carbocycles. The Bertz CT molecular complexity index is 843. The number of nitrogens with zero attached hydrogens (tertiary/aromatic N) is 1. The molecule has 10 nitrogen and oxygen atoms in total. The zero-order valence-corrected chi connectivity index (χ0v) is 17.7. The molecule has 11 heteroatoms. The van der Waals surface area contributed by atoms with E-state index < -0.39 is 48.9 Å². The minimum Gasteiger partial charge on any atom is -0.493 e. The number of carboxylic acid groups (broad SMARTS) is 1. The van der Waals surface area contributed by atoms with Crippen molar-refractivity contribution >= 4 is 39.6 Å². The van der Waals surface area contributed by atoms with Gasteiger partial charge in [0.25, 0.3) is 5.91 Å². The van der Waals surface area contributed by atoms with Gasteiger partial charge in [0.2, 0.25) is 11.8 Å². The number of ether oxygens (including phenoxy) is 2. The second-order valence-electron chi connectivity index (χ2n) is 6.76. The number of methoxy groups -OCH3 is 1. The molecular formula is C18H22BrN3O7. The van der Waals surface area contributed by atoms with Crippen LogP contribution in [0.4, 0.5) is 0 Å². The van der Waals surface area contributed by atoms with E-state index in [2.05, 4.69) is 21.2 Å². The number of carbonyl (C=O) groups excluding carboxylic acids is 3. The first-order valence-corrected chi connectivity index (χ1v) is 9.48. The second-order valence-corrected chi connectivity index (χ2v) is 7.67. The summed E-state index contributed by atoms with van der Waals surface area (Å²) in [6, 6.07) is 1.81. The van der Waals surface area contributed by atoms with Gasteiger partial charge < -0.3 is 30.5 Å². The zero-order chi connectivity index (χ0) is 21.9. The topological polar surface area (TPSA) is 148 Å². The molecule has 0 radical (unpaired) electrons. The molecule has 0 aromatic heterocycles. The molecule has 158 valence electrons. The van der Waals surface area contributed by atoms with Gasteiger partial charge >= 0.3 is 5.97 Å². The Balaban J connectivity index is 2.71. The number of halogens is 1. The fraction of sp³-hybridized carbons (Fsp3) is 0.444. The van der Waals surface area contributed by atoms with Crippen molar-refractivity contribution in [2.45, 2.75) is 26.0 Å². The van der Waals surface area contributed by atoms with Crippen molar-refractivity contribution in [3.05, 3.63) is 22.2 Å². The molecule has 2 rings (SSSR count). The lowest BCUT2D eigenvalue weighted by molar-refractivity contribution is -0.149. The minimum atomic E-state index is -1.35. The van der Waals surface area contributed by atoms with Crippen LogP contribution < -0.4 is 20.5 Å². The van der Waals surface area contributed by atoms with E-state index in [1.54, 1.807) is 26.0 Å². The van der Waals surface area contributed by atoms with Crippen LogP contribution in [0.1, 0.15) is 25.5 Å². The lowest BCUT2D eigenvalue weighted by atomic mass is 10.0. The third-order valence-corrected chi connectivity index (χ3v) is 4.70. The third kappa shape index (κ3) is 4.97. The van der Waals surface area contributed by atoms with Gasteiger partial charge in [0.15, 0.2) is 17.6 Å². The molecule has 1 aromatic rings. The first-order valence-electron chi connectivity index (χ1n) is 8.69. The van der Waals surface area contributed by atoms with Crippen LogP contribution in [0, 0.1) is 5.92 Å². The Morgan fingerprint density at radius 2 is 2.03 bits per heavy atom. The van der Waals surface area contributed by atoms with Gasteiger partial charge in [-0.25, -0.2) is 0 Å². The maximum absolute atomic E-state index is 13.2. The average molecular weight is 472 g/mol. The molecule has 3 amide bonds.